The summed E-state index contributed by atoms with van der Waals surface area (Å²) >= 11 is 0. The molecule has 1 saturated carbocycles. The van der Waals surface area contributed by atoms with Gasteiger partial charge in [-0.05, 0) is 43.3 Å². The van der Waals surface area contributed by atoms with Gasteiger partial charge in [-0.15, -0.1) is 0 Å². The molecule has 3 heteroatoms. The zero-order chi connectivity index (χ0) is 13.3. The molecule has 0 aliphatic heterocycles. The van der Waals surface area contributed by atoms with E-state index in [1.165, 1.54) is 6.42 Å². The smallest absolute Gasteiger partial charge is 0.194 e. The molecule has 0 aromatic heterocycles. The molecule has 1 aliphatic rings. The Morgan fingerprint density at radius 2 is 1.88 bits per heavy atom. The zero-order valence-electron chi connectivity index (χ0n) is 12.3. The summed E-state index contributed by atoms with van der Waals surface area (Å²) in [5.41, 5.74) is -0.513. The van der Waals surface area contributed by atoms with Gasteiger partial charge in [0.1, 0.15) is 5.60 Å². The lowest BCUT2D eigenvalue weighted by atomic mass is 9.77. The minimum atomic E-state index is -1.85. The van der Waals surface area contributed by atoms with Gasteiger partial charge in [0, 0.05) is 0 Å². The van der Waals surface area contributed by atoms with Crippen LogP contribution in [0.15, 0.2) is 0 Å². The lowest BCUT2D eigenvalue weighted by Gasteiger charge is -2.46. The maximum absolute atomic E-state index is 9.59. The highest BCUT2D eigenvalue weighted by Gasteiger charge is 2.48. The van der Waals surface area contributed by atoms with Crippen molar-refractivity contribution in [3.63, 3.8) is 0 Å². The second kappa shape index (κ2) is 4.74. The molecule has 2 nitrogen and oxygen atoms in total. The fourth-order valence-corrected chi connectivity index (χ4v) is 3.83. The Balaban J connectivity index is 2.94. The molecule has 1 unspecified atom stereocenters. The highest BCUT2D eigenvalue weighted by Crippen LogP contribution is 2.44. The molecule has 0 spiro atoms. The van der Waals surface area contributed by atoms with Crippen molar-refractivity contribution in [3.05, 3.63) is 0 Å². The van der Waals surface area contributed by atoms with Crippen LogP contribution >= 0.6 is 0 Å². The summed E-state index contributed by atoms with van der Waals surface area (Å²) in [6.45, 7) is 13.4. The monoisotopic (exact) mass is 253 g/mol. The van der Waals surface area contributed by atoms with Crippen molar-refractivity contribution < 1.29 is 4.43 Å². The van der Waals surface area contributed by atoms with Crippen LogP contribution in [0.5, 0.6) is 0 Å². The van der Waals surface area contributed by atoms with E-state index in [9.17, 15) is 5.26 Å². The highest BCUT2D eigenvalue weighted by atomic mass is 28.4. The first-order valence-corrected chi connectivity index (χ1v) is 9.67. The molecule has 2 atom stereocenters. The summed E-state index contributed by atoms with van der Waals surface area (Å²) in [4.78, 5) is 0. The quantitative estimate of drug-likeness (QED) is 0.680. The Morgan fingerprint density at radius 3 is 2.29 bits per heavy atom. The molecule has 0 heterocycles. The molecular formula is C14H27NOSi. The van der Waals surface area contributed by atoms with Crippen LogP contribution in [0.3, 0.4) is 0 Å². The third kappa shape index (κ3) is 2.92. The number of hydrogen-bond donors (Lipinski definition) is 0. The summed E-state index contributed by atoms with van der Waals surface area (Å²) in [7, 11) is -1.85. The molecule has 1 fully saturated rings. The van der Waals surface area contributed by atoms with Gasteiger partial charge >= 0.3 is 0 Å². The Hall–Kier alpha value is -0.333. The predicted octanol–water partition coefficient (Wildman–Crippen LogP) is 4.48. The lowest BCUT2D eigenvalue weighted by Crippen LogP contribution is -2.53. The molecule has 0 radical (unpaired) electrons. The van der Waals surface area contributed by atoms with E-state index in [1.54, 1.807) is 0 Å². The van der Waals surface area contributed by atoms with Gasteiger partial charge in [0.15, 0.2) is 8.32 Å². The molecule has 0 aromatic carbocycles. The van der Waals surface area contributed by atoms with Crippen LogP contribution in [-0.2, 0) is 4.43 Å². The fourth-order valence-electron chi connectivity index (χ4n) is 2.27. The molecule has 0 saturated heterocycles. The molecule has 98 valence electrons. The van der Waals surface area contributed by atoms with E-state index < -0.39 is 13.9 Å². The van der Waals surface area contributed by atoms with Gasteiger partial charge in [-0.1, -0.05) is 34.1 Å². The predicted molar refractivity (Wildman–Crippen MR) is 74.3 cm³/mol. The van der Waals surface area contributed by atoms with Crippen molar-refractivity contribution in [1.82, 2.24) is 0 Å². The third-order valence-electron chi connectivity index (χ3n) is 4.66. The Morgan fingerprint density at radius 1 is 1.29 bits per heavy atom. The van der Waals surface area contributed by atoms with Crippen LogP contribution in [0, 0.1) is 17.2 Å². The maximum Gasteiger partial charge on any atom is 0.194 e. The van der Waals surface area contributed by atoms with Gasteiger partial charge in [0.2, 0.25) is 0 Å². The average molecular weight is 253 g/mol. The van der Waals surface area contributed by atoms with Crippen LogP contribution in [-0.4, -0.2) is 13.9 Å². The molecule has 0 N–H and O–H groups in total. The van der Waals surface area contributed by atoms with E-state index in [0.717, 1.165) is 19.3 Å². The van der Waals surface area contributed by atoms with Gasteiger partial charge < -0.3 is 4.43 Å². The molecule has 0 amide bonds. The van der Waals surface area contributed by atoms with Gasteiger partial charge in [-0.3, -0.25) is 0 Å². The van der Waals surface area contributed by atoms with Crippen molar-refractivity contribution in [3.8, 4) is 6.07 Å². The van der Waals surface area contributed by atoms with E-state index >= 15 is 0 Å². The van der Waals surface area contributed by atoms with Gasteiger partial charge in [0.05, 0.1) is 6.07 Å². The van der Waals surface area contributed by atoms with Crippen LogP contribution in [0.25, 0.3) is 0 Å². The number of hydrogen-bond acceptors (Lipinski definition) is 2. The summed E-state index contributed by atoms with van der Waals surface area (Å²) in [6, 6.07) is 2.51. The fraction of sp³-hybridized carbons (Fsp3) is 0.929. The Bertz CT molecular complexity index is 313. The van der Waals surface area contributed by atoms with Crippen molar-refractivity contribution >= 4 is 8.32 Å². The minimum absolute atomic E-state index is 0.175. The second-order valence-corrected chi connectivity index (χ2v) is 11.7. The lowest BCUT2D eigenvalue weighted by molar-refractivity contribution is 0.0221. The Labute approximate surface area is 107 Å². The van der Waals surface area contributed by atoms with Crippen molar-refractivity contribution in [1.29, 1.82) is 5.26 Å². The second-order valence-electron chi connectivity index (χ2n) is 7.01. The first-order valence-electron chi connectivity index (χ1n) is 6.76. The molecule has 1 aliphatic carbocycles. The Kier molecular flexibility index (Phi) is 4.11. The number of nitriles is 1. The summed E-state index contributed by atoms with van der Waals surface area (Å²) in [5, 5.41) is 9.76. The average Bonchev–Trinajstić information content (AvgIpc) is 2.19. The normalized spacial score (nSPS) is 31.0. The van der Waals surface area contributed by atoms with Gasteiger partial charge in [0.25, 0.3) is 0 Å². The topological polar surface area (TPSA) is 33.0 Å². The van der Waals surface area contributed by atoms with E-state index in [1.807, 2.05) is 0 Å². The van der Waals surface area contributed by atoms with Crippen molar-refractivity contribution in [2.24, 2.45) is 5.92 Å². The summed E-state index contributed by atoms with van der Waals surface area (Å²) in [5.74, 6) is 0.371. The third-order valence-corrected chi connectivity index (χ3v) is 9.15. The zero-order valence-corrected chi connectivity index (χ0v) is 13.3. The van der Waals surface area contributed by atoms with Crippen molar-refractivity contribution in [2.75, 3.05) is 0 Å². The molecule has 17 heavy (non-hydrogen) atoms. The molecule has 1 rings (SSSR count). The van der Waals surface area contributed by atoms with Crippen LogP contribution in [0.1, 0.15) is 53.4 Å². The van der Waals surface area contributed by atoms with Gasteiger partial charge in [-0.2, -0.15) is 5.26 Å². The van der Waals surface area contributed by atoms with Crippen LogP contribution in [0.2, 0.25) is 18.1 Å². The van der Waals surface area contributed by atoms with E-state index in [2.05, 4.69) is 46.9 Å². The molecular weight excluding hydrogens is 226 g/mol. The highest BCUT2D eigenvalue weighted by molar-refractivity contribution is 6.74. The van der Waals surface area contributed by atoms with E-state index in [0.29, 0.717) is 5.92 Å². The number of rotatable bonds is 2. The summed E-state index contributed by atoms with van der Waals surface area (Å²) in [6.07, 6.45) is 4.41. The van der Waals surface area contributed by atoms with Crippen LogP contribution in [0.4, 0.5) is 0 Å². The van der Waals surface area contributed by atoms with E-state index in [-0.39, 0.29) is 5.04 Å². The van der Waals surface area contributed by atoms with E-state index in [4.69, 9.17) is 4.43 Å². The summed E-state index contributed by atoms with van der Waals surface area (Å²) < 4.78 is 6.47. The maximum atomic E-state index is 9.59. The standard InChI is InChI=1S/C14H27NOSi/c1-12-9-7-8-10-14(12,11-15)16-17(5,6)13(2,3)4/h12H,7-10H2,1-6H3/t12-,14?/m0/s1. The minimum Gasteiger partial charge on any atom is -0.399 e. The van der Waals surface area contributed by atoms with Crippen LogP contribution < -0.4 is 0 Å². The SMILES string of the molecule is C[C@H]1CCCCC1(C#N)O[Si](C)(C)C(C)(C)C. The number of nitrogens with zero attached hydrogens (tertiary/aromatic N) is 1. The molecule has 0 aromatic rings. The first kappa shape index (κ1) is 14.7. The molecule has 0 bridgehead atoms. The van der Waals surface area contributed by atoms with Crippen molar-refractivity contribution in [2.45, 2.75) is 77.1 Å². The van der Waals surface area contributed by atoms with Gasteiger partial charge in [-0.25, -0.2) is 0 Å². The first-order chi connectivity index (χ1) is 7.65. The largest absolute Gasteiger partial charge is 0.399 e.